The molecule has 2 aliphatic rings. The van der Waals surface area contributed by atoms with Crippen LogP contribution in [-0.4, -0.2) is 29.9 Å². The van der Waals surface area contributed by atoms with Gasteiger partial charge in [0.2, 0.25) is 5.91 Å². The number of nitrogens with one attached hydrogen (secondary N) is 2. The zero-order valence-electron chi connectivity index (χ0n) is 15.4. The maximum atomic E-state index is 13.4. The molecule has 146 valence electrons. The van der Waals surface area contributed by atoms with Crippen LogP contribution in [0.5, 0.6) is 0 Å². The number of hydrogen-bond donors (Lipinski definition) is 2. The van der Waals surface area contributed by atoms with Crippen molar-refractivity contribution >= 4 is 23.5 Å². The fourth-order valence-corrected chi connectivity index (χ4v) is 3.70. The lowest BCUT2D eigenvalue weighted by Crippen LogP contribution is -2.42. The number of esters is 1. The molecule has 1 aliphatic carbocycles. The Labute approximate surface area is 157 Å². The molecule has 1 heterocycles. The second-order valence-electron chi connectivity index (χ2n) is 7.31. The van der Waals surface area contributed by atoms with Crippen molar-refractivity contribution < 1.29 is 23.5 Å². The van der Waals surface area contributed by atoms with Crippen LogP contribution in [0, 0.1) is 5.82 Å². The van der Waals surface area contributed by atoms with Crippen LogP contribution < -0.4 is 10.6 Å². The van der Waals surface area contributed by atoms with E-state index in [0.717, 1.165) is 25.7 Å². The van der Waals surface area contributed by atoms with Gasteiger partial charge in [-0.15, -0.1) is 0 Å². The molecule has 1 aromatic carbocycles. The number of halogens is 1. The topological polar surface area (TPSA) is 84.5 Å². The Morgan fingerprint density at radius 3 is 2.63 bits per heavy atom. The Bertz CT molecular complexity index is 729. The summed E-state index contributed by atoms with van der Waals surface area (Å²) in [5, 5.41) is 5.51. The minimum absolute atomic E-state index is 0.0889. The van der Waals surface area contributed by atoms with Crippen LogP contribution >= 0.6 is 0 Å². The lowest BCUT2D eigenvalue weighted by atomic mass is 9.90. The molecule has 0 spiro atoms. The fourth-order valence-electron chi connectivity index (χ4n) is 3.70. The zero-order valence-corrected chi connectivity index (χ0v) is 15.4. The van der Waals surface area contributed by atoms with Crippen LogP contribution in [0.1, 0.15) is 63.4 Å². The largest absolute Gasteiger partial charge is 0.452 e. The highest BCUT2D eigenvalue weighted by Crippen LogP contribution is 2.33. The maximum absolute atomic E-state index is 13.4. The van der Waals surface area contributed by atoms with E-state index in [2.05, 4.69) is 10.6 Å². The molecule has 0 aromatic heterocycles. The molecule has 2 unspecified atom stereocenters. The van der Waals surface area contributed by atoms with E-state index in [-0.39, 0.29) is 30.0 Å². The van der Waals surface area contributed by atoms with Gasteiger partial charge in [-0.05, 0) is 37.5 Å². The number of carbonyl (C=O) groups excluding carboxylic acids is 3. The molecular formula is C20H25FN2O4. The lowest BCUT2D eigenvalue weighted by molar-refractivity contribution is -0.157. The fraction of sp³-hybridized carbons (Fsp3) is 0.550. The second-order valence-corrected chi connectivity index (χ2v) is 7.31. The van der Waals surface area contributed by atoms with Crippen molar-refractivity contribution in [3.05, 3.63) is 29.6 Å². The normalized spacial score (nSPS) is 21.4. The first-order valence-electron chi connectivity index (χ1n) is 9.54. The van der Waals surface area contributed by atoms with Crippen LogP contribution in [0.15, 0.2) is 18.2 Å². The highest BCUT2D eigenvalue weighted by atomic mass is 19.1. The van der Waals surface area contributed by atoms with Crippen LogP contribution in [0.4, 0.5) is 10.1 Å². The van der Waals surface area contributed by atoms with Crippen molar-refractivity contribution in [2.45, 2.75) is 69.9 Å². The van der Waals surface area contributed by atoms with Gasteiger partial charge in [0.05, 0.1) is 5.92 Å². The molecule has 0 saturated heterocycles. The number of amides is 2. The summed E-state index contributed by atoms with van der Waals surface area (Å²) in [5.74, 6) is -2.71. The Balaban J connectivity index is 1.62. The third-order valence-corrected chi connectivity index (χ3v) is 5.20. The SMILES string of the molecule is CC(OC(=O)C1CC(=O)Nc2cc(F)ccc21)C(=O)NC1CCCCCC1. The first-order chi connectivity index (χ1) is 12.9. The number of benzene rings is 1. The number of fused-ring (bicyclic) bond motifs is 1. The van der Waals surface area contributed by atoms with Crippen LogP contribution in [0.2, 0.25) is 0 Å². The van der Waals surface area contributed by atoms with E-state index in [1.54, 1.807) is 0 Å². The lowest BCUT2D eigenvalue weighted by Gasteiger charge is -2.26. The summed E-state index contributed by atoms with van der Waals surface area (Å²) in [6, 6.07) is 3.99. The van der Waals surface area contributed by atoms with Gasteiger partial charge >= 0.3 is 5.97 Å². The van der Waals surface area contributed by atoms with Crippen molar-refractivity contribution in [2.24, 2.45) is 0 Å². The third-order valence-electron chi connectivity index (χ3n) is 5.20. The number of anilines is 1. The summed E-state index contributed by atoms with van der Waals surface area (Å²) < 4.78 is 18.7. The highest BCUT2D eigenvalue weighted by molar-refractivity contribution is 6.00. The Morgan fingerprint density at radius 2 is 1.93 bits per heavy atom. The first-order valence-corrected chi connectivity index (χ1v) is 9.54. The van der Waals surface area contributed by atoms with Crippen molar-refractivity contribution in [3.8, 4) is 0 Å². The van der Waals surface area contributed by atoms with E-state index < -0.39 is 23.8 Å². The van der Waals surface area contributed by atoms with Gasteiger partial charge in [-0.1, -0.05) is 31.7 Å². The van der Waals surface area contributed by atoms with Gasteiger partial charge in [-0.3, -0.25) is 14.4 Å². The van der Waals surface area contributed by atoms with Crippen LogP contribution in [0.3, 0.4) is 0 Å². The predicted octanol–water partition coefficient (Wildman–Crippen LogP) is 3.02. The van der Waals surface area contributed by atoms with Gasteiger partial charge in [0.15, 0.2) is 6.10 Å². The molecule has 1 aliphatic heterocycles. The molecule has 2 N–H and O–H groups in total. The highest BCUT2D eigenvalue weighted by Gasteiger charge is 2.34. The number of ether oxygens (including phenoxy) is 1. The monoisotopic (exact) mass is 376 g/mol. The summed E-state index contributed by atoms with van der Waals surface area (Å²) in [6.45, 7) is 1.53. The van der Waals surface area contributed by atoms with E-state index >= 15 is 0 Å². The van der Waals surface area contributed by atoms with Crippen molar-refractivity contribution in [3.63, 3.8) is 0 Å². The van der Waals surface area contributed by atoms with Crippen molar-refractivity contribution in [1.29, 1.82) is 0 Å². The molecule has 27 heavy (non-hydrogen) atoms. The van der Waals surface area contributed by atoms with Crippen molar-refractivity contribution in [2.75, 3.05) is 5.32 Å². The summed E-state index contributed by atoms with van der Waals surface area (Å²) in [7, 11) is 0. The predicted molar refractivity (Wildman–Crippen MR) is 97.6 cm³/mol. The van der Waals surface area contributed by atoms with Gasteiger partial charge < -0.3 is 15.4 Å². The van der Waals surface area contributed by atoms with E-state index in [4.69, 9.17) is 4.74 Å². The maximum Gasteiger partial charge on any atom is 0.314 e. The number of hydrogen-bond acceptors (Lipinski definition) is 4. The number of rotatable bonds is 4. The zero-order chi connectivity index (χ0) is 19.4. The number of carbonyl (C=O) groups is 3. The molecular weight excluding hydrogens is 351 g/mol. The molecule has 1 aromatic rings. The smallest absolute Gasteiger partial charge is 0.314 e. The van der Waals surface area contributed by atoms with Gasteiger partial charge in [-0.2, -0.15) is 0 Å². The minimum Gasteiger partial charge on any atom is -0.452 e. The van der Waals surface area contributed by atoms with Crippen molar-refractivity contribution in [1.82, 2.24) is 5.32 Å². The molecule has 7 heteroatoms. The van der Waals surface area contributed by atoms with Crippen LogP contribution in [0.25, 0.3) is 0 Å². The molecule has 2 atom stereocenters. The molecule has 0 radical (unpaired) electrons. The molecule has 3 rings (SSSR count). The molecule has 0 bridgehead atoms. The molecule has 1 saturated carbocycles. The first kappa shape index (κ1) is 19.3. The summed E-state index contributed by atoms with van der Waals surface area (Å²) in [5.41, 5.74) is 0.765. The third kappa shape index (κ3) is 4.84. The Hall–Kier alpha value is -2.44. The van der Waals surface area contributed by atoms with E-state index in [9.17, 15) is 18.8 Å². The van der Waals surface area contributed by atoms with Gasteiger partial charge in [0.1, 0.15) is 5.82 Å². The van der Waals surface area contributed by atoms with Gasteiger partial charge in [-0.25, -0.2) is 4.39 Å². The summed E-state index contributed by atoms with van der Waals surface area (Å²) in [4.78, 5) is 36.8. The summed E-state index contributed by atoms with van der Waals surface area (Å²) >= 11 is 0. The molecule has 2 amide bonds. The second kappa shape index (κ2) is 8.50. The van der Waals surface area contributed by atoms with Gasteiger partial charge in [0.25, 0.3) is 5.91 Å². The summed E-state index contributed by atoms with van der Waals surface area (Å²) in [6.07, 6.45) is 5.38. The Morgan fingerprint density at radius 1 is 1.22 bits per heavy atom. The van der Waals surface area contributed by atoms with E-state index in [0.29, 0.717) is 5.56 Å². The van der Waals surface area contributed by atoms with Gasteiger partial charge in [0, 0.05) is 18.2 Å². The Kier molecular flexibility index (Phi) is 6.08. The molecule has 6 nitrogen and oxygen atoms in total. The average Bonchev–Trinajstić information content (AvgIpc) is 2.89. The van der Waals surface area contributed by atoms with Crippen LogP contribution in [-0.2, 0) is 19.1 Å². The standard InChI is InChI=1S/C20H25FN2O4/c1-12(19(25)22-14-6-4-2-3-5-7-14)27-20(26)16-11-18(24)23-17-10-13(21)8-9-15(16)17/h8-10,12,14,16H,2-7,11H2,1H3,(H,22,25)(H,23,24). The van der Waals surface area contributed by atoms with E-state index in [1.807, 2.05) is 0 Å². The average molecular weight is 376 g/mol. The quantitative estimate of drug-likeness (QED) is 0.625. The minimum atomic E-state index is -0.949. The molecule has 1 fully saturated rings. The van der Waals surface area contributed by atoms with E-state index in [1.165, 1.54) is 38.0 Å².